The first-order chi connectivity index (χ1) is 17.4. The third-order valence-corrected chi connectivity index (χ3v) is 6.73. The Morgan fingerprint density at radius 1 is 0.694 bits per heavy atom. The first-order valence-electron chi connectivity index (χ1n) is 11.1. The van der Waals surface area contributed by atoms with Gasteiger partial charge in [-0.15, -0.1) is 0 Å². The van der Waals surface area contributed by atoms with Crippen LogP contribution in [0.2, 0.25) is 0 Å². The molecule has 0 saturated carbocycles. The standard InChI is InChI=1S/C27H22FIO7/c28-24-21(29)23(36-27(32)19-14-8-3-9-15-19)22(35-26(31)18-12-6-2-7-13-18)20(34-24)16-33-25(30)17-10-4-1-5-11-17/h1-15,20-24H,16H2/t20-,21+,22-,23-,24+/m1/s1. The Morgan fingerprint density at radius 3 is 1.58 bits per heavy atom. The second-order valence-electron chi connectivity index (χ2n) is 7.91. The minimum atomic E-state index is -1.87. The normalized spacial score (nSPS) is 23.3. The van der Waals surface area contributed by atoms with Crippen LogP contribution in [-0.2, 0) is 18.9 Å². The van der Waals surface area contributed by atoms with Gasteiger partial charge in [0, 0.05) is 0 Å². The summed E-state index contributed by atoms with van der Waals surface area (Å²) < 4.78 is 36.0. The largest absolute Gasteiger partial charge is 0.459 e. The van der Waals surface area contributed by atoms with Crippen LogP contribution >= 0.6 is 22.6 Å². The van der Waals surface area contributed by atoms with Gasteiger partial charge in [0.1, 0.15) is 16.6 Å². The molecule has 0 aliphatic carbocycles. The van der Waals surface area contributed by atoms with Gasteiger partial charge in [-0.3, -0.25) is 0 Å². The molecule has 0 amide bonds. The van der Waals surface area contributed by atoms with Crippen LogP contribution in [0.3, 0.4) is 0 Å². The number of benzene rings is 3. The lowest BCUT2D eigenvalue weighted by Gasteiger charge is -2.40. The first kappa shape index (κ1) is 25.8. The second-order valence-corrected chi connectivity index (χ2v) is 9.34. The van der Waals surface area contributed by atoms with Crippen LogP contribution in [0.1, 0.15) is 31.1 Å². The predicted octanol–water partition coefficient (Wildman–Crippen LogP) is 4.79. The maximum absolute atomic E-state index is 14.9. The van der Waals surface area contributed by atoms with Crippen molar-refractivity contribution in [1.29, 1.82) is 0 Å². The molecule has 1 heterocycles. The molecule has 5 atom stereocenters. The molecule has 7 nitrogen and oxygen atoms in total. The van der Waals surface area contributed by atoms with Gasteiger partial charge in [-0.25, -0.2) is 18.8 Å². The van der Waals surface area contributed by atoms with Gasteiger partial charge in [0.15, 0.2) is 12.2 Å². The molecule has 3 aromatic rings. The number of carbonyl (C=O) groups excluding carboxylic acids is 3. The molecule has 9 heteroatoms. The topological polar surface area (TPSA) is 88.1 Å². The summed E-state index contributed by atoms with van der Waals surface area (Å²) in [4.78, 5) is 38.2. The number of hydrogen-bond donors (Lipinski definition) is 0. The SMILES string of the molecule is O=C(OC[C@H]1O[C@H](F)[C@@H](I)[C@@H](OC(=O)c2ccccc2)[C@@H]1OC(=O)c1ccccc1)c1ccccc1. The third kappa shape index (κ3) is 6.27. The summed E-state index contributed by atoms with van der Waals surface area (Å²) in [5.41, 5.74) is 0.794. The fourth-order valence-electron chi connectivity index (χ4n) is 3.62. The number of esters is 3. The van der Waals surface area contributed by atoms with Gasteiger partial charge in [0.25, 0.3) is 0 Å². The van der Waals surface area contributed by atoms with Crippen LogP contribution < -0.4 is 0 Å². The Kier molecular flexibility index (Phi) is 8.65. The Hall–Kier alpha value is -3.31. The Morgan fingerprint density at radius 2 is 1.11 bits per heavy atom. The van der Waals surface area contributed by atoms with Crippen molar-refractivity contribution in [2.45, 2.75) is 28.6 Å². The van der Waals surface area contributed by atoms with E-state index in [1.807, 2.05) is 0 Å². The van der Waals surface area contributed by atoms with E-state index in [2.05, 4.69) is 0 Å². The summed E-state index contributed by atoms with van der Waals surface area (Å²) in [5, 5.41) is 0. The van der Waals surface area contributed by atoms with E-state index in [1.54, 1.807) is 114 Å². The average molecular weight is 604 g/mol. The van der Waals surface area contributed by atoms with Gasteiger partial charge in [-0.05, 0) is 36.4 Å². The first-order valence-corrected chi connectivity index (χ1v) is 12.4. The van der Waals surface area contributed by atoms with E-state index < -0.39 is 53.1 Å². The second kappa shape index (κ2) is 12.1. The van der Waals surface area contributed by atoms with Gasteiger partial charge in [0.2, 0.25) is 6.36 Å². The molecular formula is C27H22FIO7. The van der Waals surface area contributed by atoms with Crippen molar-refractivity contribution in [1.82, 2.24) is 0 Å². The summed E-state index contributed by atoms with van der Waals surface area (Å²) in [7, 11) is 0. The molecule has 1 aliphatic rings. The molecule has 0 bridgehead atoms. The van der Waals surface area contributed by atoms with Gasteiger partial charge in [-0.1, -0.05) is 77.2 Å². The molecule has 0 N–H and O–H groups in total. The molecule has 4 rings (SSSR count). The van der Waals surface area contributed by atoms with Gasteiger partial charge in [-0.2, -0.15) is 0 Å². The molecule has 0 unspecified atom stereocenters. The van der Waals surface area contributed by atoms with E-state index in [-0.39, 0.29) is 11.1 Å². The number of rotatable bonds is 7. The highest BCUT2D eigenvalue weighted by Crippen LogP contribution is 2.33. The van der Waals surface area contributed by atoms with Crippen molar-refractivity contribution < 1.29 is 37.7 Å². The van der Waals surface area contributed by atoms with E-state index in [0.717, 1.165) is 0 Å². The van der Waals surface area contributed by atoms with Crippen LogP contribution in [0.15, 0.2) is 91.0 Å². The number of carbonyl (C=O) groups is 3. The molecule has 0 spiro atoms. The van der Waals surface area contributed by atoms with Crippen LogP contribution in [-0.4, -0.2) is 53.1 Å². The van der Waals surface area contributed by atoms with Crippen molar-refractivity contribution in [3.63, 3.8) is 0 Å². The number of halogens is 2. The summed E-state index contributed by atoms with van der Waals surface area (Å²) in [5.74, 6) is -2.08. The van der Waals surface area contributed by atoms with Crippen molar-refractivity contribution in [3.05, 3.63) is 108 Å². The molecular weight excluding hydrogens is 582 g/mol. The number of alkyl halides is 2. The monoisotopic (exact) mass is 604 g/mol. The van der Waals surface area contributed by atoms with Crippen LogP contribution in [0.5, 0.6) is 0 Å². The molecule has 1 fully saturated rings. The van der Waals surface area contributed by atoms with Crippen molar-refractivity contribution >= 4 is 40.5 Å². The van der Waals surface area contributed by atoms with Crippen LogP contribution in [0, 0.1) is 0 Å². The van der Waals surface area contributed by atoms with E-state index >= 15 is 0 Å². The molecule has 36 heavy (non-hydrogen) atoms. The summed E-state index contributed by atoms with van der Waals surface area (Å²) in [6, 6.07) is 24.6. The molecule has 0 aromatic heterocycles. The molecule has 1 saturated heterocycles. The number of hydrogen-bond acceptors (Lipinski definition) is 7. The fourth-order valence-corrected chi connectivity index (χ4v) is 4.34. The average Bonchev–Trinajstić information content (AvgIpc) is 2.92. The Bertz CT molecular complexity index is 1180. The summed E-state index contributed by atoms with van der Waals surface area (Å²) >= 11 is 1.76. The van der Waals surface area contributed by atoms with Crippen molar-refractivity contribution in [3.8, 4) is 0 Å². The van der Waals surface area contributed by atoms with Gasteiger partial charge >= 0.3 is 17.9 Å². The van der Waals surface area contributed by atoms with E-state index in [4.69, 9.17) is 18.9 Å². The quantitative estimate of drug-likeness (QED) is 0.166. The van der Waals surface area contributed by atoms with Gasteiger partial charge < -0.3 is 18.9 Å². The highest BCUT2D eigenvalue weighted by Gasteiger charge is 2.50. The maximum Gasteiger partial charge on any atom is 0.338 e. The van der Waals surface area contributed by atoms with E-state index in [0.29, 0.717) is 5.56 Å². The van der Waals surface area contributed by atoms with Crippen molar-refractivity contribution in [2.75, 3.05) is 6.61 Å². The predicted molar refractivity (Wildman–Crippen MR) is 136 cm³/mol. The lowest BCUT2D eigenvalue weighted by atomic mass is 10.0. The zero-order valence-electron chi connectivity index (χ0n) is 18.9. The molecule has 186 valence electrons. The highest BCUT2D eigenvalue weighted by molar-refractivity contribution is 14.1. The molecule has 1 aliphatic heterocycles. The highest BCUT2D eigenvalue weighted by atomic mass is 127. The van der Waals surface area contributed by atoms with Gasteiger partial charge in [0.05, 0.1) is 16.7 Å². The Balaban J connectivity index is 1.57. The number of ether oxygens (including phenoxy) is 4. The Labute approximate surface area is 220 Å². The minimum Gasteiger partial charge on any atom is -0.459 e. The lowest BCUT2D eigenvalue weighted by molar-refractivity contribution is -0.207. The van der Waals surface area contributed by atoms with E-state index in [9.17, 15) is 18.8 Å². The summed E-state index contributed by atoms with van der Waals surface area (Å²) in [6.07, 6.45) is -5.55. The summed E-state index contributed by atoms with van der Waals surface area (Å²) in [6.45, 7) is -0.427. The molecule has 3 aromatic carbocycles. The zero-order valence-corrected chi connectivity index (χ0v) is 21.0. The maximum atomic E-state index is 14.9. The zero-order chi connectivity index (χ0) is 25.5. The van der Waals surface area contributed by atoms with Crippen LogP contribution in [0.4, 0.5) is 4.39 Å². The van der Waals surface area contributed by atoms with Crippen LogP contribution in [0.25, 0.3) is 0 Å². The van der Waals surface area contributed by atoms with E-state index in [1.165, 1.54) is 0 Å². The minimum absolute atomic E-state index is 0.248. The lowest BCUT2D eigenvalue weighted by Crippen LogP contribution is -2.58. The molecule has 0 radical (unpaired) electrons. The third-order valence-electron chi connectivity index (χ3n) is 5.45. The smallest absolute Gasteiger partial charge is 0.338 e. The fraction of sp³-hybridized carbons (Fsp3) is 0.222. The van der Waals surface area contributed by atoms with Crippen molar-refractivity contribution in [2.24, 2.45) is 0 Å².